The largest absolute Gasteiger partial charge is 0.370 e. The molecule has 0 radical (unpaired) electrons. The maximum Gasteiger partial charge on any atom is 0.243 e. The highest BCUT2D eigenvalue weighted by molar-refractivity contribution is 5.97. The Bertz CT molecular complexity index is 1950. The summed E-state index contributed by atoms with van der Waals surface area (Å²) in [4.78, 5) is 114. The fraction of sp³-hybridized carbons (Fsp3) is 0.525. The van der Waals surface area contributed by atoms with Gasteiger partial charge in [-0.25, -0.2) is 4.98 Å². The molecule has 60 heavy (non-hydrogen) atoms. The van der Waals surface area contributed by atoms with E-state index in [4.69, 9.17) is 11.5 Å². The van der Waals surface area contributed by atoms with Gasteiger partial charge in [-0.3, -0.25) is 38.4 Å². The molecule has 13 N–H and O–H groups in total. The first kappa shape index (κ1) is 48.1. The van der Waals surface area contributed by atoms with E-state index in [0.29, 0.717) is 24.2 Å². The third-order valence-electron chi connectivity index (χ3n) is 9.51. The predicted octanol–water partition coefficient (Wildman–Crippen LogP) is -1.33. The van der Waals surface area contributed by atoms with E-state index in [1.54, 1.807) is 27.0 Å². The van der Waals surface area contributed by atoms with Crippen molar-refractivity contribution in [1.82, 2.24) is 52.2 Å². The van der Waals surface area contributed by atoms with Crippen LogP contribution >= 0.6 is 0 Å². The van der Waals surface area contributed by atoms with Gasteiger partial charge in [-0.05, 0) is 50.2 Å². The number of H-pyrrole nitrogens is 2. The molecule has 0 fully saturated rings. The van der Waals surface area contributed by atoms with Crippen LogP contribution in [0.5, 0.6) is 0 Å². The lowest BCUT2D eigenvalue weighted by molar-refractivity contribution is -0.134. The van der Waals surface area contributed by atoms with Gasteiger partial charge < -0.3 is 58.7 Å². The number of benzene rings is 1. The molecule has 0 saturated carbocycles. The molecule has 0 aliphatic rings. The molecular formula is C40H60N12O8. The maximum atomic E-state index is 13.7. The van der Waals surface area contributed by atoms with Gasteiger partial charge >= 0.3 is 0 Å². The lowest BCUT2D eigenvalue weighted by atomic mass is 10.0. The summed E-state index contributed by atoms with van der Waals surface area (Å²) in [5, 5.41) is 19.2. The van der Waals surface area contributed by atoms with E-state index >= 15 is 0 Å². The van der Waals surface area contributed by atoms with Crippen LogP contribution in [0.25, 0.3) is 10.9 Å². The number of nitrogens with one attached hydrogen (secondary N) is 9. The van der Waals surface area contributed by atoms with Crippen LogP contribution < -0.4 is 48.7 Å². The molecule has 6 atom stereocenters. The number of nitrogens with two attached hydrogens (primary N) is 2. The summed E-state index contributed by atoms with van der Waals surface area (Å²) in [6.45, 7) is 10.2. The Kier molecular flexibility index (Phi) is 18.7. The van der Waals surface area contributed by atoms with Gasteiger partial charge in [-0.1, -0.05) is 45.9 Å². The van der Waals surface area contributed by atoms with Crippen LogP contribution in [-0.4, -0.2) is 112 Å². The molecule has 3 rings (SSSR count). The van der Waals surface area contributed by atoms with Crippen LogP contribution in [0.2, 0.25) is 0 Å². The molecule has 0 bridgehead atoms. The molecule has 2 aromatic heterocycles. The number of para-hydroxylation sites is 1. The smallest absolute Gasteiger partial charge is 0.243 e. The Morgan fingerprint density at radius 3 is 2.03 bits per heavy atom. The average Bonchev–Trinajstić information content (AvgIpc) is 3.86. The monoisotopic (exact) mass is 836 g/mol. The minimum atomic E-state index is -1.19. The van der Waals surface area contributed by atoms with Crippen molar-refractivity contribution in [2.45, 2.75) is 110 Å². The molecular weight excluding hydrogens is 777 g/mol. The van der Waals surface area contributed by atoms with Gasteiger partial charge in [0.05, 0.1) is 18.9 Å². The van der Waals surface area contributed by atoms with Crippen molar-refractivity contribution in [3.8, 4) is 0 Å². The minimum absolute atomic E-state index is 0.0119. The van der Waals surface area contributed by atoms with Crippen LogP contribution in [0.15, 0.2) is 43.0 Å². The maximum absolute atomic E-state index is 13.7. The van der Waals surface area contributed by atoms with Gasteiger partial charge in [0.2, 0.25) is 47.3 Å². The van der Waals surface area contributed by atoms with Crippen LogP contribution in [0, 0.1) is 11.8 Å². The molecule has 2 heterocycles. The highest BCUT2D eigenvalue weighted by Crippen LogP contribution is 2.19. The van der Waals surface area contributed by atoms with E-state index in [0.717, 1.165) is 10.9 Å². The van der Waals surface area contributed by atoms with Crippen molar-refractivity contribution in [1.29, 1.82) is 0 Å². The van der Waals surface area contributed by atoms with E-state index < -0.39 is 90.1 Å². The Hall–Kier alpha value is -6.31. The fourth-order valence-electron chi connectivity index (χ4n) is 6.25. The topological polar surface area (TPSA) is 317 Å². The average molecular weight is 837 g/mol. The second kappa shape index (κ2) is 23.3. The molecule has 0 spiro atoms. The molecule has 20 nitrogen and oxygen atoms in total. The zero-order chi connectivity index (χ0) is 44.5. The van der Waals surface area contributed by atoms with E-state index in [1.807, 2.05) is 38.1 Å². The second-order valence-corrected chi connectivity index (χ2v) is 15.4. The summed E-state index contributed by atoms with van der Waals surface area (Å²) in [6, 6.07) is 0.721. The third-order valence-corrected chi connectivity index (χ3v) is 9.51. The zero-order valence-electron chi connectivity index (χ0n) is 35.0. The van der Waals surface area contributed by atoms with Crippen LogP contribution in [0.4, 0.5) is 0 Å². The molecule has 0 aliphatic carbocycles. The van der Waals surface area contributed by atoms with Crippen molar-refractivity contribution < 1.29 is 38.4 Å². The Morgan fingerprint density at radius 2 is 1.40 bits per heavy atom. The van der Waals surface area contributed by atoms with E-state index in [-0.39, 0.29) is 37.5 Å². The Balaban J connectivity index is 1.66. The molecule has 20 heteroatoms. The minimum Gasteiger partial charge on any atom is -0.370 e. The van der Waals surface area contributed by atoms with E-state index in [9.17, 15) is 38.4 Å². The number of imidazole rings is 1. The quantitative estimate of drug-likeness (QED) is 0.0505. The summed E-state index contributed by atoms with van der Waals surface area (Å²) < 4.78 is 0. The van der Waals surface area contributed by atoms with Crippen molar-refractivity contribution in [3.05, 3.63) is 54.2 Å². The highest BCUT2D eigenvalue weighted by atomic mass is 16.2. The number of aromatic amines is 2. The summed E-state index contributed by atoms with van der Waals surface area (Å²) in [5.41, 5.74) is 13.2. The van der Waals surface area contributed by atoms with Crippen molar-refractivity contribution in [3.63, 3.8) is 0 Å². The van der Waals surface area contributed by atoms with Gasteiger partial charge in [0.25, 0.3) is 0 Å². The van der Waals surface area contributed by atoms with Gasteiger partial charge in [0.15, 0.2) is 0 Å². The van der Waals surface area contributed by atoms with Crippen molar-refractivity contribution in [2.75, 3.05) is 13.1 Å². The summed E-state index contributed by atoms with van der Waals surface area (Å²) >= 11 is 0. The summed E-state index contributed by atoms with van der Waals surface area (Å²) in [5.74, 6) is -5.55. The molecule has 0 aliphatic heterocycles. The number of aromatic nitrogens is 3. The number of rotatable bonds is 24. The third kappa shape index (κ3) is 15.1. The number of carbonyl (C=O) groups is 8. The Morgan fingerprint density at radius 1 is 0.733 bits per heavy atom. The molecule has 0 saturated heterocycles. The Labute approximate surface area is 348 Å². The number of primary amides is 1. The molecule has 1 aromatic carbocycles. The number of nitrogens with zero attached hydrogens (tertiary/aromatic N) is 1. The molecule has 0 unspecified atom stereocenters. The van der Waals surface area contributed by atoms with Gasteiger partial charge in [-0.2, -0.15) is 0 Å². The standard InChI is InChI=1S/C40H60N12O8/c1-7-44-37(57)29(14-21(2)3)51-39(59)31(16-25-18-43-20-47-25)49-33(54)19-46-40(60)34(22(4)5)52-35(55)23(6)48-38(58)30(50-36(56)27(41)12-13-32(42)53)15-24-17-45-28-11-9-8-10-26(24)28/h8-11,17-18,20-23,27,29-31,34,45H,7,12-16,19,41H2,1-6H3,(H2,42,53)(H,43,47)(H,44,57)(H,46,60)(H,48,58)(H,49,54)(H,50,56)(H,51,59)(H,52,55)/t23-,27-,29-,30-,31-,34-/m0/s1. The van der Waals surface area contributed by atoms with Gasteiger partial charge in [0.1, 0.15) is 30.2 Å². The van der Waals surface area contributed by atoms with Crippen LogP contribution in [-0.2, 0) is 51.2 Å². The number of fused-ring (bicyclic) bond motifs is 1. The van der Waals surface area contributed by atoms with Gasteiger partial charge in [0, 0.05) is 54.8 Å². The van der Waals surface area contributed by atoms with Crippen LogP contribution in [0.3, 0.4) is 0 Å². The first-order chi connectivity index (χ1) is 28.4. The fourth-order valence-corrected chi connectivity index (χ4v) is 6.25. The first-order valence-corrected chi connectivity index (χ1v) is 20.0. The second-order valence-electron chi connectivity index (χ2n) is 15.4. The molecule has 3 aromatic rings. The summed E-state index contributed by atoms with van der Waals surface area (Å²) in [6.07, 6.45) is 4.84. The number of amides is 8. The lowest BCUT2D eigenvalue weighted by Crippen LogP contribution is -2.59. The van der Waals surface area contributed by atoms with E-state index in [2.05, 4.69) is 52.2 Å². The van der Waals surface area contributed by atoms with Crippen LogP contribution in [0.1, 0.15) is 72.1 Å². The number of likely N-dealkylation sites (N-methyl/N-ethyl adjacent to an activating group) is 1. The zero-order valence-corrected chi connectivity index (χ0v) is 35.0. The highest BCUT2D eigenvalue weighted by Gasteiger charge is 2.32. The van der Waals surface area contributed by atoms with Crippen molar-refractivity contribution in [2.24, 2.45) is 23.3 Å². The summed E-state index contributed by atoms with van der Waals surface area (Å²) in [7, 11) is 0. The predicted molar refractivity (Wildman–Crippen MR) is 222 cm³/mol. The molecule has 328 valence electrons. The molecule has 8 amide bonds. The van der Waals surface area contributed by atoms with E-state index in [1.165, 1.54) is 19.4 Å². The van der Waals surface area contributed by atoms with Gasteiger partial charge in [-0.15, -0.1) is 0 Å². The number of hydrogen-bond donors (Lipinski definition) is 11. The number of hydrogen-bond acceptors (Lipinski definition) is 10. The number of carbonyl (C=O) groups excluding carboxylic acids is 8. The lowest BCUT2D eigenvalue weighted by Gasteiger charge is -2.26. The first-order valence-electron chi connectivity index (χ1n) is 20.0. The normalized spacial score (nSPS) is 14.2. The van der Waals surface area contributed by atoms with Crippen molar-refractivity contribution >= 4 is 58.2 Å². The SMILES string of the molecule is CCNC(=O)[C@H](CC(C)C)NC(=O)[C@H](Cc1cnc[nH]1)NC(=O)CNC(=O)[C@@H](NC(=O)[C@H](C)NC(=O)[C@H](Cc1c[nH]c2ccccc12)NC(=O)[C@@H](N)CCC(N)=O)C(C)C.